The Morgan fingerprint density at radius 1 is 1.05 bits per heavy atom. The van der Waals surface area contributed by atoms with Gasteiger partial charge < -0.3 is 5.11 Å². The number of carboxylic acid groups (broad SMARTS) is 1. The van der Waals surface area contributed by atoms with Gasteiger partial charge in [0, 0.05) is 0 Å². The number of hydrogen-bond donors (Lipinski definition) is 1. The number of hydrogen-bond acceptors (Lipinski definition) is 1. The van der Waals surface area contributed by atoms with Crippen molar-refractivity contribution in [3.8, 4) is 0 Å². The lowest BCUT2D eigenvalue weighted by Crippen LogP contribution is -2.19. The van der Waals surface area contributed by atoms with Gasteiger partial charge in [-0.3, -0.25) is 0 Å². The maximum atomic E-state index is 13.3. The van der Waals surface area contributed by atoms with Gasteiger partial charge >= 0.3 is 12.1 Å². The van der Waals surface area contributed by atoms with Crippen LogP contribution >= 0.6 is 0 Å². The van der Waals surface area contributed by atoms with Gasteiger partial charge in [0.25, 0.3) is 0 Å². The van der Waals surface area contributed by atoms with Gasteiger partial charge in [-0.05, 0) is 26.2 Å². The fraction of sp³-hybridized carbons (Fsp3) is 0.800. The average molecular weight is 312 g/mol. The molecule has 0 aromatic carbocycles. The normalized spacial score (nSPS) is 14.8. The minimum Gasteiger partial charge on any atom is -0.478 e. The Labute approximate surface area is 123 Å². The molecule has 0 aliphatic carbocycles. The van der Waals surface area contributed by atoms with Gasteiger partial charge in [-0.2, -0.15) is 13.2 Å². The van der Waals surface area contributed by atoms with E-state index in [2.05, 4.69) is 0 Å². The van der Waals surface area contributed by atoms with Crippen molar-refractivity contribution in [2.45, 2.75) is 71.4 Å². The second kappa shape index (κ2) is 9.79. The third-order valence-electron chi connectivity index (χ3n) is 3.57. The van der Waals surface area contributed by atoms with Gasteiger partial charge in [-0.25, -0.2) is 9.18 Å². The summed E-state index contributed by atoms with van der Waals surface area (Å²) in [7, 11) is 0. The number of halogens is 4. The molecule has 2 nitrogen and oxygen atoms in total. The molecule has 0 spiro atoms. The number of carboxylic acids is 1. The highest BCUT2D eigenvalue weighted by atomic mass is 19.4. The minimum absolute atomic E-state index is 0.114. The standard InChI is InChI=1S/C15H24F4O2/c1-11(15(17,18)19)9-7-5-3-4-6-8-10-13(16)12(2)14(20)21/h11H,3-10H2,1-2H3,(H,20,21). The molecule has 0 bridgehead atoms. The first kappa shape index (κ1) is 19.9. The van der Waals surface area contributed by atoms with E-state index in [0.717, 1.165) is 25.7 Å². The number of carbonyl (C=O) groups is 1. The highest BCUT2D eigenvalue weighted by molar-refractivity contribution is 5.86. The molecule has 1 unspecified atom stereocenters. The molecule has 1 atom stereocenters. The first-order chi connectivity index (χ1) is 9.66. The Morgan fingerprint density at radius 3 is 2.00 bits per heavy atom. The summed E-state index contributed by atoms with van der Waals surface area (Å²) in [5, 5.41) is 8.58. The van der Waals surface area contributed by atoms with Gasteiger partial charge in [0.1, 0.15) is 5.83 Å². The van der Waals surface area contributed by atoms with E-state index in [1.165, 1.54) is 13.8 Å². The zero-order valence-electron chi connectivity index (χ0n) is 12.6. The van der Waals surface area contributed by atoms with E-state index in [1.54, 1.807) is 0 Å². The molecule has 1 N–H and O–H groups in total. The SMILES string of the molecule is CC(C(=O)O)=C(F)CCCCCCCCC(C)C(F)(F)F. The van der Waals surface area contributed by atoms with Crippen LogP contribution in [0.3, 0.4) is 0 Å². The highest BCUT2D eigenvalue weighted by Gasteiger charge is 2.34. The zero-order chi connectivity index (χ0) is 16.5. The summed E-state index contributed by atoms with van der Waals surface area (Å²) < 4.78 is 50.0. The summed E-state index contributed by atoms with van der Waals surface area (Å²) in [6.07, 6.45) is 0.436. The number of unbranched alkanes of at least 4 members (excludes halogenated alkanes) is 5. The van der Waals surface area contributed by atoms with Gasteiger partial charge in [0.2, 0.25) is 0 Å². The molecular formula is C15H24F4O2. The minimum atomic E-state index is -4.11. The molecule has 0 aliphatic heterocycles. The quantitative estimate of drug-likeness (QED) is 0.322. The van der Waals surface area contributed by atoms with Crippen LogP contribution in [0.5, 0.6) is 0 Å². The van der Waals surface area contributed by atoms with E-state index in [1.807, 2.05) is 0 Å². The van der Waals surface area contributed by atoms with Crippen molar-refractivity contribution in [3.63, 3.8) is 0 Å². The van der Waals surface area contributed by atoms with Gasteiger partial charge in [-0.1, -0.05) is 39.0 Å². The Morgan fingerprint density at radius 2 is 1.52 bits per heavy atom. The van der Waals surface area contributed by atoms with Crippen molar-refractivity contribution in [2.24, 2.45) is 5.92 Å². The fourth-order valence-electron chi connectivity index (χ4n) is 1.91. The smallest absolute Gasteiger partial charge is 0.391 e. The molecule has 0 aliphatic rings. The van der Waals surface area contributed by atoms with E-state index in [0.29, 0.717) is 12.8 Å². The van der Waals surface area contributed by atoms with Gasteiger partial charge in [0.15, 0.2) is 0 Å². The topological polar surface area (TPSA) is 37.3 Å². The van der Waals surface area contributed by atoms with E-state index in [-0.39, 0.29) is 18.4 Å². The molecule has 0 fully saturated rings. The van der Waals surface area contributed by atoms with Crippen LogP contribution in [0.1, 0.15) is 65.2 Å². The first-order valence-electron chi connectivity index (χ1n) is 7.31. The molecule has 0 aromatic heterocycles. The van der Waals surface area contributed by atoms with Crippen LogP contribution in [0.4, 0.5) is 17.6 Å². The lowest BCUT2D eigenvalue weighted by Gasteiger charge is -2.14. The van der Waals surface area contributed by atoms with E-state index in [4.69, 9.17) is 5.11 Å². The molecule has 0 rings (SSSR count). The van der Waals surface area contributed by atoms with Crippen LogP contribution < -0.4 is 0 Å². The molecule has 0 aromatic rings. The van der Waals surface area contributed by atoms with Crippen molar-refractivity contribution in [1.29, 1.82) is 0 Å². The largest absolute Gasteiger partial charge is 0.478 e. The third-order valence-corrected chi connectivity index (χ3v) is 3.57. The third kappa shape index (κ3) is 9.47. The van der Waals surface area contributed by atoms with E-state index < -0.39 is 23.9 Å². The van der Waals surface area contributed by atoms with Crippen LogP contribution in [0.2, 0.25) is 0 Å². The van der Waals surface area contributed by atoms with Crippen LogP contribution in [0.25, 0.3) is 0 Å². The van der Waals surface area contributed by atoms with Crippen LogP contribution in [-0.2, 0) is 4.79 Å². The number of aliphatic carboxylic acids is 1. The summed E-state index contributed by atoms with van der Waals surface area (Å²) in [5.41, 5.74) is -0.254. The monoisotopic (exact) mass is 312 g/mol. The molecular weight excluding hydrogens is 288 g/mol. The predicted molar refractivity (Wildman–Crippen MR) is 73.6 cm³/mol. The first-order valence-corrected chi connectivity index (χ1v) is 7.31. The van der Waals surface area contributed by atoms with Crippen LogP contribution in [0, 0.1) is 5.92 Å². The second-order valence-corrected chi connectivity index (χ2v) is 5.44. The Kier molecular flexibility index (Phi) is 9.29. The van der Waals surface area contributed by atoms with Crippen molar-refractivity contribution in [1.82, 2.24) is 0 Å². The van der Waals surface area contributed by atoms with Crippen molar-refractivity contribution in [2.75, 3.05) is 0 Å². The molecule has 21 heavy (non-hydrogen) atoms. The summed E-state index contributed by atoms with van der Waals surface area (Å²) in [6.45, 7) is 2.43. The summed E-state index contributed by atoms with van der Waals surface area (Å²) in [4.78, 5) is 10.5. The van der Waals surface area contributed by atoms with Crippen molar-refractivity contribution >= 4 is 5.97 Å². The average Bonchev–Trinajstić information content (AvgIpc) is 2.38. The Hall–Kier alpha value is -1.07. The molecule has 0 amide bonds. The van der Waals surface area contributed by atoms with Crippen LogP contribution in [-0.4, -0.2) is 17.3 Å². The summed E-state index contributed by atoms with van der Waals surface area (Å²) in [6, 6.07) is 0. The maximum absolute atomic E-state index is 13.3. The summed E-state index contributed by atoms with van der Waals surface area (Å²) in [5.74, 6) is -3.09. The molecule has 124 valence electrons. The molecule has 0 saturated carbocycles. The molecule has 0 heterocycles. The fourth-order valence-corrected chi connectivity index (χ4v) is 1.91. The van der Waals surface area contributed by atoms with Crippen molar-refractivity contribution in [3.05, 3.63) is 11.4 Å². The second-order valence-electron chi connectivity index (χ2n) is 5.44. The van der Waals surface area contributed by atoms with Gasteiger partial charge in [0.05, 0.1) is 11.5 Å². The number of rotatable bonds is 10. The molecule has 0 saturated heterocycles. The van der Waals surface area contributed by atoms with Crippen LogP contribution in [0.15, 0.2) is 11.4 Å². The zero-order valence-corrected chi connectivity index (χ0v) is 12.6. The lowest BCUT2D eigenvalue weighted by atomic mass is 10.0. The molecule has 0 radical (unpaired) electrons. The van der Waals surface area contributed by atoms with Crippen molar-refractivity contribution < 1.29 is 27.5 Å². The van der Waals surface area contributed by atoms with E-state index in [9.17, 15) is 22.4 Å². The number of alkyl halides is 3. The molecule has 6 heteroatoms. The maximum Gasteiger partial charge on any atom is 0.391 e. The predicted octanol–water partition coefficient (Wildman–Crippen LogP) is 5.63. The summed E-state index contributed by atoms with van der Waals surface area (Å²) >= 11 is 0. The van der Waals surface area contributed by atoms with E-state index >= 15 is 0 Å². The highest BCUT2D eigenvalue weighted by Crippen LogP contribution is 2.29. The Bertz CT molecular complexity index is 348. The lowest BCUT2D eigenvalue weighted by molar-refractivity contribution is -0.171. The van der Waals surface area contributed by atoms with Gasteiger partial charge in [-0.15, -0.1) is 0 Å². The Balaban J connectivity index is 3.58. The number of allylic oxidation sites excluding steroid dienone is 1.